The molecule has 0 atom stereocenters. The van der Waals surface area contributed by atoms with Crippen LogP contribution in [0, 0.1) is 0 Å². The van der Waals surface area contributed by atoms with Gasteiger partial charge in [0.1, 0.15) is 0 Å². The Morgan fingerprint density at radius 2 is 2.45 bits per heavy atom. The summed E-state index contributed by atoms with van der Waals surface area (Å²) in [4.78, 5) is 20.2. The van der Waals surface area contributed by atoms with Gasteiger partial charge in [-0.15, -0.1) is 6.58 Å². The Kier molecular flexibility index (Phi) is 6.22. The molecule has 61 valence electrons. The second kappa shape index (κ2) is 6.95. The molecule has 0 fully saturated rings. The van der Waals surface area contributed by atoms with Crippen LogP contribution < -0.4 is 5.32 Å². The molecule has 0 aromatic carbocycles. The fourth-order valence-electron chi connectivity index (χ4n) is 0.437. The summed E-state index contributed by atoms with van der Waals surface area (Å²) in [6, 6.07) is 0. The van der Waals surface area contributed by atoms with E-state index >= 15 is 0 Å². The number of rotatable bonds is 6. The zero-order valence-corrected chi connectivity index (χ0v) is 6.13. The first-order valence-corrected chi connectivity index (χ1v) is 3.13. The van der Waals surface area contributed by atoms with Crippen molar-refractivity contribution in [3.63, 3.8) is 0 Å². The maximum absolute atomic E-state index is 10.6. The maximum atomic E-state index is 10.6. The second-order valence-corrected chi connectivity index (χ2v) is 1.72. The van der Waals surface area contributed by atoms with Gasteiger partial charge in [-0.2, -0.15) is 0 Å². The van der Waals surface area contributed by atoms with Crippen molar-refractivity contribution in [1.82, 2.24) is 5.32 Å². The zero-order valence-electron chi connectivity index (χ0n) is 6.13. The van der Waals surface area contributed by atoms with E-state index in [0.717, 1.165) is 0 Å². The molecule has 0 unspecified atom stereocenters. The van der Waals surface area contributed by atoms with E-state index in [1.165, 1.54) is 6.29 Å². The lowest BCUT2D eigenvalue weighted by molar-refractivity contribution is -0.140. The van der Waals surface area contributed by atoms with Crippen molar-refractivity contribution < 1.29 is 14.3 Å². The lowest BCUT2D eigenvalue weighted by Gasteiger charge is -1.99. The van der Waals surface area contributed by atoms with Gasteiger partial charge in [-0.1, -0.05) is 6.08 Å². The van der Waals surface area contributed by atoms with E-state index in [2.05, 4.69) is 16.6 Å². The summed E-state index contributed by atoms with van der Waals surface area (Å²) in [5.41, 5.74) is 0. The highest BCUT2D eigenvalue weighted by molar-refractivity contribution is 5.73. The summed E-state index contributed by atoms with van der Waals surface area (Å²) < 4.78 is 4.38. The minimum atomic E-state index is -0.463. The Balaban J connectivity index is 3.21. The topological polar surface area (TPSA) is 55.4 Å². The van der Waals surface area contributed by atoms with E-state index in [0.29, 0.717) is 6.54 Å². The van der Waals surface area contributed by atoms with Gasteiger partial charge in [0.25, 0.3) is 0 Å². The molecule has 4 nitrogen and oxygen atoms in total. The molecule has 0 bridgehead atoms. The van der Waals surface area contributed by atoms with Gasteiger partial charge >= 0.3 is 5.97 Å². The molecule has 0 amide bonds. The number of hydrogen-bond donors (Lipinski definition) is 1. The molecular weight excluding hydrogens is 146 g/mol. The van der Waals surface area contributed by atoms with Crippen LogP contribution in [0.15, 0.2) is 12.7 Å². The van der Waals surface area contributed by atoms with Crippen molar-refractivity contribution >= 4 is 12.3 Å². The first-order valence-electron chi connectivity index (χ1n) is 3.13. The standard InChI is InChI=1S/C7H10NO3/c1-2-3-8-6-7(10)11-5-4-9/h2,8H,1,3,5-6H2. The molecule has 0 saturated heterocycles. The van der Waals surface area contributed by atoms with Gasteiger partial charge < -0.3 is 10.1 Å². The van der Waals surface area contributed by atoms with Crippen LogP contribution in [0.4, 0.5) is 0 Å². The molecular formula is C7H10NO3. The zero-order chi connectivity index (χ0) is 8.53. The van der Waals surface area contributed by atoms with Crippen LogP contribution in [0.2, 0.25) is 0 Å². The third-order valence-electron chi connectivity index (χ3n) is 0.850. The number of hydrogen-bond acceptors (Lipinski definition) is 4. The van der Waals surface area contributed by atoms with Crippen molar-refractivity contribution in [3.8, 4) is 0 Å². The van der Waals surface area contributed by atoms with E-state index in [9.17, 15) is 9.59 Å². The molecule has 1 N–H and O–H groups in total. The molecule has 0 aromatic rings. The van der Waals surface area contributed by atoms with Crippen LogP contribution in [-0.4, -0.2) is 32.0 Å². The molecule has 0 aliphatic rings. The van der Waals surface area contributed by atoms with E-state index in [1.807, 2.05) is 0 Å². The molecule has 4 heteroatoms. The molecule has 0 aromatic heterocycles. The molecule has 0 aliphatic heterocycles. The normalized spacial score (nSPS) is 8.73. The summed E-state index contributed by atoms with van der Waals surface area (Å²) in [5.74, 6) is -0.463. The summed E-state index contributed by atoms with van der Waals surface area (Å²) >= 11 is 0. The third-order valence-corrected chi connectivity index (χ3v) is 0.850. The number of carbonyl (C=O) groups is 1. The van der Waals surface area contributed by atoms with Gasteiger partial charge in [0.15, 0.2) is 6.61 Å². The number of carbonyl (C=O) groups excluding carboxylic acids is 2. The highest BCUT2D eigenvalue weighted by atomic mass is 16.5. The number of nitrogens with one attached hydrogen (secondary N) is 1. The predicted octanol–water partition coefficient (Wildman–Crippen LogP) is -0.585. The third kappa shape index (κ3) is 6.73. The molecule has 0 rings (SSSR count). The quantitative estimate of drug-likeness (QED) is 0.317. The van der Waals surface area contributed by atoms with Crippen molar-refractivity contribution in [1.29, 1.82) is 0 Å². The molecule has 0 aliphatic carbocycles. The smallest absolute Gasteiger partial charge is 0.320 e. The van der Waals surface area contributed by atoms with Crippen LogP contribution in [0.5, 0.6) is 0 Å². The monoisotopic (exact) mass is 156 g/mol. The van der Waals surface area contributed by atoms with Gasteiger partial charge in [-0.3, -0.25) is 9.59 Å². The highest BCUT2D eigenvalue weighted by Crippen LogP contribution is 1.73. The van der Waals surface area contributed by atoms with Crippen molar-refractivity contribution in [3.05, 3.63) is 12.7 Å². The minimum absolute atomic E-state index is 0.0910. The minimum Gasteiger partial charge on any atom is -0.456 e. The van der Waals surface area contributed by atoms with Crippen LogP contribution in [-0.2, 0) is 14.3 Å². The Morgan fingerprint density at radius 1 is 1.73 bits per heavy atom. The summed E-state index contributed by atoms with van der Waals surface area (Å²) in [7, 11) is 0. The van der Waals surface area contributed by atoms with Gasteiger partial charge in [0.05, 0.1) is 6.54 Å². The Morgan fingerprint density at radius 3 is 3.00 bits per heavy atom. The van der Waals surface area contributed by atoms with E-state index in [4.69, 9.17) is 0 Å². The van der Waals surface area contributed by atoms with E-state index < -0.39 is 5.97 Å². The average Bonchev–Trinajstić information content (AvgIpc) is 2.01. The van der Waals surface area contributed by atoms with Crippen molar-refractivity contribution in [2.75, 3.05) is 19.7 Å². The van der Waals surface area contributed by atoms with E-state index in [-0.39, 0.29) is 13.2 Å². The van der Waals surface area contributed by atoms with Crippen LogP contribution in [0.25, 0.3) is 0 Å². The Hall–Kier alpha value is -1.16. The molecule has 1 radical (unpaired) electrons. The van der Waals surface area contributed by atoms with Crippen molar-refractivity contribution in [2.45, 2.75) is 0 Å². The summed E-state index contributed by atoms with van der Waals surface area (Å²) in [6.07, 6.45) is 3.07. The second-order valence-electron chi connectivity index (χ2n) is 1.72. The largest absolute Gasteiger partial charge is 0.456 e. The summed E-state index contributed by atoms with van der Waals surface area (Å²) in [6.45, 7) is 3.78. The summed E-state index contributed by atoms with van der Waals surface area (Å²) in [5, 5.41) is 2.72. The highest BCUT2D eigenvalue weighted by Gasteiger charge is 1.98. The Bertz CT molecular complexity index is 145. The SMILES string of the molecule is C=CCNCC(=O)OC[C]=O. The first-order chi connectivity index (χ1) is 5.31. The van der Waals surface area contributed by atoms with Crippen molar-refractivity contribution in [2.24, 2.45) is 0 Å². The maximum Gasteiger partial charge on any atom is 0.320 e. The predicted molar refractivity (Wildman–Crippen MR) is 39.7 cm³/mol. The molecule has 0 heterocycles. The fourth-order valence-corrected chi connectivity index (χ4v) is 0.437. The molecule has 0 saturated carbocycles. The number of ether oxygens (including phenoxy) is 1. The fraction of sp³-hybridized carbons (Fsp3) is 0.429. The average molecular weight is 156 g/mol. The Labute approximate surface area is 65.2 Å². The van der Waals surface area contributed by atoms with Crippen LogP contribution in [0.3, 0.4) is 0 Å². The molecule has 11 heavy (non-hydrogen) atoms. The number of esters is 1. The molecule has 0 spiro atoms. The van der Waals surface area contributed by atoms with Gasteiger partial charge in [-0.05, 0) is 0 Å². The van der Waals surface area contributed by atoms with E-state index in [1.54, 1.807) is 6.08 Å². The van der Waals surface area contributed by atoms with Gasteiger partial charge in [0.2, 0.25) is 6.29 Å². The first kappa shape index (κ1) is 9.84. The van der Waals surface area contributed by atoms with Gasteiger partial charge in [-0.25, -0.2) is 0 Å². The lowest BCUT2D eigenvalue weighted by Crippen LogP contribution is -2.25. The van der Waals surface area contributed by atoms with Gasteiger partial charge in [0, 0.05) is 6.54 Å². The van der Waals surface area contributed by atoms with Crippen LogP contribution in [0.1, 0.15) is 0 Å². The lowest BCUT2D eigenvalue weighted by atomic mass is 10.5. The van der Waals surface area contributed by atoms with Crippen LogP contribution >= 0.6 is 0 Å².